The van der Waals surface area contributed by atoms with Gasteiger partial charge >= 0.3 is 0 Å². The molecule has 3 nitrogen and oxygen atoms in total. The van der Waals surface area contributed by atoms with Crippen LogP contribution in [0.5, 0.6) is 0 Å². The van der Waals surface area contributed by atoms with Gasteiger partial charge in [-0.05, 0) is 35.7 Å². The third-order valence-corrected chi connectivity index (χ3v) is 3.80. The Balaban J connectivity index is 2.15. The van der Waals surface area contributed by atoms with Gasteiger partial charge in [0, 0.05) is 12.1 Å². The molecule has 108 valence electrons. The predicted molar refractivity (Wildman–Crippen MR) is 82.7 cm³/mol. The second kappa shape index (κ2) is 6.84. The highest BCUT2D eigenvalue weighted by Gasteiger charge is 2.19. The smallest absolute Gasteiger partial charge is 0.0940 e. The van der Waals surface area contributed by atoms with Crippen molar-refractivity contribution in [3.63, 3.8) is 0 Å². The molecule has 2 rings (SSSR count). The zero-order valence-electron chi connectivity index (χ0n) is 12.1. The standard InChI is InChI=1S/C17H23NO2/c1-3-16(11-19)18-12(2)17(20)15-9-8-13-6-4-5-7-14(13)10-15/h4-10,12,16-20H,3,11H2,1-2H3. The minimum Gasteiger partial charge on any atom is -0.395 e. The average Bonchev–Trinajstić information content (AvgIpc) is 2.51. The van der Waals surface area contributed by atoms with Crippen molar-refractivity contribution in [1.29, 1.82) is 0 Å². The van der Waals surface area contributed by atoms with Crippen LogP contribution in [0.3, 0.4) is 0 Å². The summed E-state index contributed by atoms with van der Waals surface area (Å²) in [4.78, 5) is 0. The molecule has 0 aliphatic heterocycles. The van der Waals surface area contributed by atoms with E-state index in [2.05, 4.69) is 11.4 Å². The number of nitrogens with one attached hydrogen (secondary N) is 1. The molecule has 0 heterocycles. The predicted octanol–water partition coefficient (Wildman–Crippen LogP) is 2.62. The molecule has 3 atom stereocenters. The molecule has 0 spiro atoms. The summed E-state index contributed by atoms with van der Waals surface area (Å²) in [6.45, 7) is 4.05. The van der Waals surface area contributed by atoms with Crippen LogP contribution in [-0.4, -0.2) is 28.9 Å². The molecule has 0 aliphatic carbocycles. The fourth-order valence-corrected chi connectivity index (χ4v) is 2.44. The molecule has 0 amide bonds. The van der Waals surface area contributed by atoms with E-state index in [-0.39, 0.29) is 18.7 Å². The zero-order valence-corrected chi connectivity index (χ0v) is 12.1. The van der Waals surface area contributed by atoms with E-state index in [1.54, 1.807) is 0 Å². The Morgan fingerprint density at radius 3 is 2.45 bits per heavy atom. The van der Waals surface area contributed by atoms with Crippen LogP contribution >= 0.6 is 0 Å². The Morgan fingerprint density at radius 1 is 1.10 bits per heavy atom. The van der Waals surface area contributed by atoms with Crippen molar-refractivity contribution in [2.45, 2.75) is 38.5 Å². The molecule has 3 N–H and O–H groups in total. The van der Waals surface area contributed by atoms with E-state index in [1.807, 2.05) is 50.2 Å². The second-order valence-corrected chi connectivity index (χ2v) is 5.29. The van der Waals surface area contributed by atoms with E-state index in [0.717, 1.165) is 17.4 Å². The first-order valence-electron chi connectivity index (χ1n) is 7.19. The van der Waals surface area contributed by atoms with Crippen LogP contribution in [0.4, 0.5) is 0 Å². The van der Waals surface area contributed by atoms with E-state index in [4.69, 9.17) is 0 Å². The van der Waals surface area contributed by atoms with Crippen LogP contribution in [0, 0.1) is 0 Å². The molecule has 2 aromatic rings. The minimum atomic E-state index is -0.583. The number of hydrogen-bond acceptors (Lipinski definition) is 3. The largest absolute Gasteiger partial charge is 0.395 e. The maximum atomic E-state index is 10.4. The maximum absolute atomic E-state index is 10.4. The van der Waals surface area contributed by atoms with Gasteiger partial charge in [0.25, 0.3) is 0 Å². The number of rotatable bonds is 6. The monoisotopic (exact) mass is 273 g/mol. The molecule has 20 heavy (non-hydrogen) atoms. The lowest BCUT2D eigenvalue weighted by Gasteiger charge is -2.25. The van der Waals surface area contributed by atoms with Crippen LogP contribution in [0.25, 0.3) is 10.8 Å². The van der Waals surface area contributed by atoms with Crippen molar-refractivity contribution in [3.05, 3.63) is 48.0 Å². The summed E-state index contributed by atoms with van der Waals surface area (Å²) >= 11 is 0. The quantitative estimate of drug-likeness (QED) is 0.758. The molecule has 2 aromatic carbocycles. The van der Waals surface area contributed by atoms with Crippen LogP contribution in [0.1, 0.15) is 31.9 Å². The zero-order chi connectivity index (χ0) is 14.5. The lowest BCUT2D eigenvalue weighted by molar-refractivity contribution is 0.119. The second-order valence-electron chi connectivity index (χ2n) is 5.29. The molecular formula is C17H23NO2. The highest BCUT2D eigenvalue weighted by molar-refractivity contribution is 5.83. The van der Waals surface area contributed by atoms with Gasteiger partial charge < -0.3 is 15.5 Å². The SMILES string of the molecule is CCC(CO)NC(C)C(O)c1ccc2ccccc2c1. The summed E-state index contributed by atoms with van der Waals surface area (Å²) in [6.07, 6.45) is 0.255. The van der Waals surface area contributed by atoms with Gasteiger partial charge in [0.15, 0.2) is 0 Å². The van der Waals surface area contributed by atoms with Crippen LogP contribution < -0.4 is 5.32 Å². The first-order valence-corrected chi connectivity index (χ1v) is 7.19. The Hall–Kier alpha value is -1.42. The molecule has 0 bridgehead atoms. The fraction of sp³-hybridized carbons (Fsp3) is 0.412. The van der Waals surface area contributed by atoms with Crippen molar-refractivity contribution in [2.24, 2.45) is 0 Å². The number of aliphatic hydroxyl groups excluding tert-OH is 2. The molecule has 3 heteroatoms. The van der Waals surface area contributed by atoms with Gasteiger partial charge in [0.1, 0.15) is 0 Å². The molecule has 0 saturated heterocycles. The summed E-state index contributed by atoms with van der Waals surface area (Å²) in [6, 6.07) is 14.1. The normalized spacial score (nSPS) is 16.0. The molecule has 0 fully saturated rings. The minimum absolute atomic E-state index is 0.0279. The molecule has 0 aliphatic rings. The highest BCUT2D eigenvalue weighted by atomic mass is 16.3. The summed E-state index contributed by atoms with van der Waals surface area (Å²) in [5.74, 6) is 0. The number of hydrogen-bond donors (Lipinski definition) is 3. The van der Waals surface area contributed by atoms with Gasteiger partial charge in [-0.25, -0.2) is 0 Å². The van der Waals surface area contributed by atoms with Crippen LogP contribution in [-0.2, 0) is 0 Å². The Morgan fingerprint density at radius 2 is 1.80 bits per heavy atom. The highest BCUT2D eigenvalue weighted by Crippen LogP contribution is 2.22. The first-order chi connectivity index (χ1) is 9.65. The molecule has 0 aromatic heterocycles. The van der Waals surface area contributed by atoms with E-state index in [0.29, 0.717) is 0 Å². The molecule has 0 saturated carbocycles. The Labute approximate surface area is 120 Å². The van der Waals surface area contributed by atoms with E-state index in [9.17, 15) is 10.2 Å². The van der Waals surface area contributed by atoms with Crippen molar-refractivity contribution < 1.29 is 10.2 Å². The van der Waals surface area contributed by atoms with E-state index >= 15 is 0 Å². The molecule has 0 radical (unpaired) electrons. The van der Waals surface area contributed by atoms with Crippen molar-refractivity contribution in [2.75, 3.05) is 6.61 Å². The van der Waals surface area contributed by atoms with E-state index < -0.39 is 6.10 Å². The molecule has 3 unspecified atom stereocenters. The molecular weight excluding hydrogens is 250 g/mol. The number of aliphatic hydroxyl groups is 2. The topological polar surface area (TPSA) is 52.5 Å². The van der Waals surface area contributed by atoms with Gasteiger partial charge in [-0.15, -0.1) is 0 Å². The van der Waals surface area contributed by atoms with E-state index in [1.165, 1.54) is 5.39 Å². The lowest BCUT2D eigenvalue weighted by Crippen LogP contribution is -2.41. The third-order valence-electron chi connectivity index (χ3n) is 3.80. The fourth-order valence-electron chi connectivity index (χ4n) is 2.44. The summed E-state index contributed by atoms with van der Waals surface area (Å²) < 4.78 is 0. The van der Waals surface area contributed by atoms with Gasteiger partial charge in [-0.2, -0.15) is 0 Å². The van der Waals surface area contributed by atoms with Crippen molar-refractivity contribution in [3.8, 4) is 0 Å². The van der Waals surface area contributed by atoms with Crippen LogP contribution in [0.2, 0.25) is 0 Å². The summed E-state index contributed by atoms with van der Waals surface area (Å²) in [5.41, 5.74) is 0.900. The Bertz CT molecular complexity index is 551. The number of benzene rings is 2. The van der Waals surface area contributed by atoms with Gasteiger partial charge in [0.2, 0.25) is 0 Å². The van der Waals surface area contributed by atoms with Crippen molar-refractivity contribution in [1.82, 2.24) is 5.32 Å². The maximum Gasteiger partial charge on any atom is 0.0940 e. The average molecular weight is 273 g/mol. The summed E-state index contributed by atoms with van der Waals surface area (Å²) in [5, 5.41) is 25.2. The van der Waals surface area contributed by atoms with Crippen LogP contribution in [0.15, 0.2) is 42.5 Å². The first kappa shape index (κ1) is 15.0. The van der Waals surface area contributed by atoms with Gasteiger partial charge in [0.05, 0.1) is 12.7 Å². The van der Waals surface area contributed by atoms with Crippen molar-refractivity contribution >= 4 is 10.8 Å². The van der Waals surface area contributed by atoms with Gasteiger partial charge in [-0.3, -0.25) is 0 Å². The number of fused-ring (bicyclic) bond motifs is 1. The lowest BCUT2D eigenvalue weighted by atomic mass is 9.99. The summed E-state index contributed by atoms with van der Waals surface area (Å²) in [7, 11) is 0. The van der Waals surface area contributed by atoms with Gasteiger partial charge in [-0.1, -0.05) is 43.3 Å². The third kappa shape index (κ3) is 3.37. The Kier molecular flexibility index (Phi) is 5.12.